The minimum Gasteiger partial charge on any atom is -0.339 e. The van der Waals surface area contributed by atoms with Gasteiger partial charge in [0.2, 0.25) is 5.79 Å². The standard InChI is InChI=1S/C20H22ClNO2.ClH/c21-17-11-9-16(10-12-17)20(15-6-2-1-3-7-15)23-14-19(24-20)18-8-4-5-13-22-18;/h1-3,6-7,9-12,18-19,22H,4-5,8,13-14H2;1H. The summed E-state index contributed by atoms with van der Waals surface area (Å²) >= 11 is 6.07. The van der Waals surface area contributed by atoms with Crippen LogP contribution in [0.5, 0.6) is 0 Å². The van der Waals surface area contributed by atoms with E-state index in [2.05, 4.69) is 17.4 Å². The summed E-state index contributed by atoms with van der Waals surface area (Å²) in [7, 11) is 0. The Hall–Kier alpha value is -1.10. The van der Waals surface area contributed by atoms with Crippen molar-refractivity contribution in [2.45, 2.75) is 37.2 Å². The van der Waals surface area contributed by atoms with Crippen LogP contribution in [0.25, 0.3) is 0 Å². The van der Waals surface area contributed by atoms with Crippen LogP contribution in [0.1, 0.15) is 30.4 Å². The Kier molecular flexibility index (Phi) is 6.03. The number of hydrogen-bond acceptors (Lipinski definition) is 3. The maximum absolute atomic E-state index is 6.57. The predicted octanol–water partition coefficient (Wildman–Crippen LogP) is 4.52. The molecular formula is C20H23Cl2NO2. The van der Waals surface area contributed by atoms with Crippen LogP contribution >= 0.6 is 24.0 Å². The van der Waals surface area contributed by atoms with E-state index >= 15 is 0 Å². The van der Waals surface area contributed by atoms with Crippen molar-refractivity contribution >= 4 is 24.0 Å². The SMILES string of the molecule is Cl.Clc1ccc(C2(c3ccccc3)OCC(C3CCCCN3)O2)cc1. The van der Waals surface area contributed by atoms with Gasteiger partial charge in [0.05, 0.1) is 6.61 Å². The third-order valence-corrected chi connectivity index (χ3v) is 5.20. The number of ether oxygens (including phenoxy) is 2. The fourth-order valence-corrected chi connectivity index (χ4v) is 3.80. The summed E-state index contributed by atoms with van der Waals surface area (Å²) in [5.41, 5.74) is 2.00. The molecule has 2 aromatic rings. The molecular weight excluding hydrogens is 357 g/mol. The van der Waals surface area contributed by atoms with Gasteiger partial charge in [0.25, 0.3) is 0 Å². The second-order valence-electron chi connectivity index (χ2n) is 6.51. The Labute approximate surface area is 160 Å². The van der Waals surface area contributed by atoms with Crippen LogP contribution in [0.15, 0.2) is 54.6 Å². The van der Waals surface area contributed by atoms with Gasteiger partial charge in [-0.2, -0.15) is 0 Å². The molecule has 4 rings (SSSR count). The van der Waals surface area contributed by atoms with E-state index < -0.39 is 5.79 Å². The largest absolute Gasteiger partial charge is 0.339 e. The number of piperidine rings is 1. The number of benzene rings is 2. The van der Waals surface area contributed by atoms with E-state index in [1.807, 2.05) is 42.5 Å². The molecule has 0 spiro atoms. The topological polar surface area (TPSA) is 30.5 Å². The van der Waals surface area contributed by atoms with Crippen LogP contribution in [-0.2, 0) is 15.3 Å². The van der Waals surface area contributed by atoms with Gasteiger partial charge in [0.1, 0.15) is 6.10 Å². The number of hydrogen-bond donors (Lipinski definition) is 1. The highest BCUT2D eigenvalue weighted by Gasteiger charge is 2.47. The molecule has 2 aliphatic rings. The summed E-state index contributed by atoms with van der Waals surface area (Å²) < 4.78 is 12.9. The minimum absolute atomic E-state index is 0. The van der Waals surface area contributed by atoms with Crippen LogP contribution in [-0.4, -0.2) is 25.3 Å². The summed E-state index contributed by atoms with van der Waals surface area (Å²) in [5, 5.41) is 4.30. The maximum atomic E-state index is 6.57. The van der Waals surface area contributed by atoms with E-state index in [1.165, 1.54) is 12.8 Å². The van der Waals surface area contributed by atoms with Crippen LogP contribution in [0.4, 0.5) is 0 Å². The van der Waals surface area contributed by atoms with Gasteiger partial charge in [-0.25, -0.2) is 0 Å². The molecule has 0 bridgehead atoms. The highest BCUT2D eigenvalue weighted by Crippen LogP contribution is 2.42. The molecule has 2 aromatic carbocycles. The second-order valence-corrected chi connectivity index (χ2v) is 6.95. The first-order chi connectivity index (χ1) is 11.8. The fraction of sp³-hybridized carbons (Fsp3) is 0.400. The van der Waals surface area contributed by atoms with Crippen LogP contribution in [0, 0.1) is 0 Å². The van der Waals surface area contributed by atoms with Crippen molar-refractivity contribution in [3.8, 4) is 0 Å². The van der Waals surface area contributed by atoms with Gasteiger partial charge < -0.3 is 14.8 Å². The fourth-order valence-electron chi connectivity index (χ4n) is 3.67. The van der Waals surface area contributed by atoms with Gasteiger partial charge in [-0.3, -0.25) is 0 Å². The van der Waals surface area contributed by atoms with Gasteiger partial charge in [-0.05, 0) is 31.5 Å². The summed E-state index contributed by atoms with van der Waals surface area (Å²) in [5.74, 6) is -0.852. The van der Waals surface area contributed by atoms with Crippen molar-refractivity contribution < 1.29 is 9.47 Å². The molecule has 2 fully saturated rings. The van der Waals surface area contributed by atoms with Crippen molar-refractivity contribution in [2.24, 2.45) is 0 Å². The minimum atomic E-state index is -0.852. The van der Waals surface area contributed by atoms with E-state index in [1.54, 1.807) is 0 Å². The summed E-state index contributed by atoms with van der Waals surface area (Å²) in [6.45, 7) is 1.65. The van der Waals surface area contributed by atoms with Gasteiger partial charge in [0, 0.05) is 22.2 Å². The van der Waals surface area contributed by atoms with Crippen molar-refractivity contribution in [1.82, 2.24) is 5.32 Å². The lowest BCUT2D eigenvalue weighted by Crippen LogP contribution is -2.45. The lowest BCUT2D eigenvalue weighted by molar-refractivity contribution is -0.146. The lowest BCUT2D eigenvalue weighted by Gasteiger charge is -2.32. The average molecular weight is 380 g/mol. The zero-order chi connectivity index (χ0) is 16.4. The first-order valence-electron chi connectivity index (χ1n) is 8.65. The molecule has 0 amide bonds. The van der Waals surface area contributed by atoms with Crippen molar-refractivity contribution in [3.63, 3.8) is 0 Å². The van der Waals surface area contributed by atoms with Gasteiger partial charge in [0.15, 0.2) is 0 Å². The highest BCUT2D eigenvalue weighted by molar-refractivity contribution is 6.30. The van der Waals surface area contributed by atoms with Crippen LogP contribution < -0.4 is 5.32 Å². The second kappa shape index (κ2) is 8.07. The molecule has 3 unspecified atom stereocenters. The van der Waals surface area contributed by atoms with Crippen LogP contribution in [0.3, 0.4) is 0 Å². The maximum Gasteiger partial charge on any atom is 0.222 e. The third kappa shape index (κ3) is 3.71. The van der Waals surface area contributed by atoms with Gasteiger partial charge >= 0.3 is 0 Å². The molecule has 2 aliphatic heterocycles. The first kappa shape index (κ1) is 18.7. The molecule has 0 saturated carbocycles. The Bertz CT molecular complexity index is 674. The molecule has 0 aromatic heterocycles. The number of nitrogens with one attached hydrogen (secondary N) is 1. The molecule has 2 heterocycles. The quantitative estimate of drug-likeness (QED) is 0.849. The van der Waals surface area contributed by atoms with E-state index in [-0.39, 0.29) is 18.5 Å². The zero-order valence-corrected chi connectivity index (χ0v) is 15.6. The van der Waals surface area contributed by atoms with Crippen LogP contribution in [0.2, 0.25) is 5.02 Å². The Morgan fingerprint density at radius 1 is 0.960 bits per heavy atom. The Morgan fingerprint density at radius 2 is 1.68 bits per heavy atom. The molecule has 0 aliphatic carbocycles. The molecule has 5 heteroatoms. The highest BCUT2D eigenvalue weighted by atomic mass is 35.5. The van der Waals surface area contributed by atoms with Gasteiger partial charge in [-0.15, -0.1) is 12.4 Å². The normalized spacial score (nSPS) is 29.2. The predicted molar refractivity (Wildman–Crippen MR) is 102 cm³/mol. The van der Waals surface area contributed by atoms with Crippen molar-refractivity contribution in [2.75, 3.05) is 13.2 Å². The van der Waals surface area contributed by atoms with Crippen molar-refractivity contribution in [3.05, 3.63) is 70.7 Å². The number of rotatable bonds is 3. The summed E-state index contributed by atoms with van der Waals surface area (Å²) in [6, 6.07) is 18.3. The lowest BCUT2D eigenvalue weighted by atomic mass is 9.97. The molecule has 1 N–H and O–H groups in total. The Balaban J connectivity index is 0.00000182. The monoisotopic (exact) mass is 379 g/mol. The molecule has 25 heavy (non-hydrogen) atoms. The molecule has 2 saturated heterocycles. The van der Waals surface area contributed by atoms with E-state index in [0.717, 1.165) is 24.1 Å². The van der Waals surface area contributed by atoms with E-state index in [0.29, 0.717) is 17.7 Å². The first-order valence-corrected chi connectivity index (χ1v) is 9.02. The molecule has 134 valence electrons. The zero-order valence-electron chi connectivity index (χ0n) is 14.0. The average Bonchev–Trinajstić information content (AvgIpc) is 3.10. The smallest absolute Gasteiger partial charge is 0.222 e. The third-order valence-electron chi connectivity index (χ3n) is 4.94. The molecule has 3 atom stereocenters. The summed E-state index contributed by atoms with van der Waals surface area (Å²) in [4.78, 5) is 0. The Morgan fingerprint density at radius 3 is 2.36 bits per heavy atom. The molecule has 0 radical (unpaired) electrons. The number of halogens is 2. The van der Waals surface area contributed by atoms with Crippen molar-refractivity contribution in [1.29, 1.82) is 0 Å². The van der Waals surface area contributed by atoms with E-state index in [9.17, 15) is 0 Å². The van der Waals surface area contributed by atoms with Gasteiger partial charge in [-0.1, -0.05) is 60.5 Å². The molecule has 3 nitrogen and oxygen atoms in total. The summed E-state index contributed by atoms with van der Waals surface area (Å²) in [6.07, 6.45) is 3.68. The van der Waals surface area contributed by atoms with E-state index in [4.69, 9.17) is 21.1 Å².